The van der Waals surface area contributed by atoms with Crippen LogP contribution >= 0.6 is 0 Å². The predicted octanol–water partition coefficient (Wildman–Crippen LogP) is 2.40. The fourth-order valence-corrected chi connectivity index (χ4v) is 3.39. The smallest absolute Gasteiger partial charge is 0.308 e. The molecule has 0 aliphatic carbocycles. The third-order valence-corrected chi connectivity index (χ3v) is 4.94. The Hall–Kier alpha value is -3.53. The zero-order chi connectivity index (χ0) is 20.3. The number of anilines is 1. The van der Waals surface area contributed by atoms with Crippen LogP contribution in [0.1, 0.15) is 39.4 Å². The van der Waals surface area contributed by atoms with Gasteiger partial charge >= 0.3 is 5.82 Å². The summed E-state index contributed by atoms with van der Waals surface area (Å²) < 4.78 is 2.16. The van der Waals surface area contributed by atoms with Crippen LogP contribution in [-0.4, -0.2) is 34.1 Å². The standard InChI is InChI=1S/C21H24N6O/c1-14-6-7-15(2)27(14)17-10-8-16(9-11-17)21(28)26(3)12-4-5-19-18(13-22)20(23)25-24-19/h6-11H,4-5,12H2,1-3H3,(H3,23,24,25)/p+1. The Bertz CT molecular complexity index is 1000. The Morgan fingerprint density at radius 2 is 1.86 bits per heavy atom. The van der Waals surface area contributed by atoms with Gasteiger partial charge in [-0.25, -0.2) is 5.10 Å². The van der Waals surface area contributed by atoms with Gasteiger partial charge in [0.1, 0.15) is 6.07 Å². The minimum absolute atomic E-state index is 0.0226. The lowest BCUT2D eigenvalue weighted by molar-refractivity contribution is -0.434. The van der Waals surface area contributed by atoms with Crippen molar-refractivity contribution in [1.29, 1.82) is 5.26 Å². The number of hydrogen-bond donors (Lipinski definition) is 2. The van der Waals surface area contributed by atoms with Crippen molar-refractivity contribution in [2.45, 2.75) is 26.7 Å². The molecule has 0 bridgehead atoms. The molecule has 2 aromatic heterocycles. The Kier molecular flexibility index (Phi) is 5.50. The molecule has 3 aromatic rings. The highest BCUT2D eigenvalue weighted by atomic mass is 16.2. The summed E-state index contributed by atoms with van der Waals surface area (Å²) in [5.74, 6) is 0.320. The van der Waals surface area contributed by atoms with Crippen molar-refractivity contribution >= 4 is 11.7 Å². The molecule has 0 aliphatic rings. The number of nitrogen functional groups attached to an aromatic ring is 1. The summed E-state index contributed by atoms with van der Waals surface area (Å²) in [6.07, 6.45) is 1.36. The Morgan fingerprint density at radius 1 is 1.21 bits per heavy atom. The van der Waals surface area contributed by atoms with Gasteiger partial charge in [0.15, 0.2) is 5.56 Å². The number of nitrogens with two attached hydrogens (primary N) is 1. The molecule has 0 unspecified atom stereocenters. The van der Waals surface area contributed by atoms with Crippen LogP contribution in [0.15, 0.2) is 36.4 Å². The molecule has 1 amide bonds. The van der Waals surface area contributed by atoms with Gasteiger partial charge in [-0.2, -0.15) is 10.4 Å². The van der Waals surface area contributed by atoms with Crippen molar-refractivity contribution in [3.05, 3.63) is 64.6 Å². The van der Waals surface area contributed by atoms with Crippen molar-refractivity contribution in [2.24, 2.45) is 0 Å². The quantitative estimate of drug-likeness (QED) is 0.689. The monoisotopic (exact) mass is 377 g/mol. The van der Waals surface area contributed by atoms with Crippen LogP contribution in [0.3, 0.4) is 0 Å². The topological polar surface area (TPSA) is 105 Å². The summed E-state index contributed by atoms with van der Waals surface area (Å²) in [5.41, 5.74) is 10.9. The van der Waals surface area contributed by atoms with Crippen molar-refractivity contribution in [3.63, 3.8) is 0 Å². The van der Waals surface area contributed by atoms with Crippen molar-refractivity contribution in [3.8, 4) is 11.8 Å². The zero-order valence-corrected chi connectivity index (χ0v) is 16.4. The zero-order valence-electron chi connectivity index (χ0n) is 16.4. The van der Waals surface area contributed by atoms with E-state index in [-0.39, 0.29) is 5.91 Å². The summed E-state index contributed by atoms with van der Waals surface area (Å²) in [4.78, 5) is 14.4. The number of aromatic nitrogens is 3. The number of aromatic amines is 2. The summed E-state index contributed by atoms with van der Waals surface area (Å²) >= 11 is 0. The predicted molar refractivity (Wildman–Crippen MR) is 107 cm³/mol. The number of nitrogens with one attached hydrogen (secondary N) is 2. The molecule has 0 atom stereocenters. The van der Waals surface area contributed by atoms with Crippen LogP contribution < -0.4 is 10.8 Å². The second-order valence-electron chi connectivity index (χ2n) is 6.96. The van der Waals surface area contributed by atoms with E-state index >= 15 is 0 Å². The molecule has 0 saturated heterocycles. The number of H-pyrrole nitrogens is 2. The second-order valence-corrected chi connectivity index (χ2v) is 6.96. The molecule has 1 aromatic carbocycles. The molecule has 7 heteroatoms. The van der Waals surface area contributed by atoms with E-state index in [9.17, 15) is 4.79 Å². The fourth-order valence-electron chi connectivity index (χ4n) is 3.39. The first-order valence-corrected chi connectivity index (χ1v) is 9.21. The van der Waals surface area contributed by atoms with E-state index < -0.39 is 0 Å². The maximum atomic E-state index is 12.7. The third kappa shape index (κ3) is 3.76. The van der Waals surface area contributed by atoms with Gasteiger partial charge in [0.25, 0.3) is 5.91 Å². The maximum Gasteiger partial charge on any atom is 0.308 e. The normalized spacial score (nSPS) is 10.6. The first-order valence-electron chi connectivity index (χ1n) is 9.21. The molecular formula is C21H25N6O+. The van der Waals surface area contributed by atoms with Gasteiger partial charge < -0.3 is 9.47 Å². The third-order valence-electron chi connectivity index (χ3n) is 4.94. The molecule has 0 aliphatic heterocycles. The van der Waals surface area contributed by atoms with Crippen LogP contribution in [0.5, 0.6) is 0 Å². The second kappa shape index (κ2) is 8.01. The lowest BCUT2D eigenvalue weighted by atomic mass is 10.1. The Morgan fingerprint density at radius 3 is 2.46 bits per heavy atom. The van der Waals surface area contributed by atoms with Crippen molar-refractivity contribution < 1.29 is 9.89 Å². The Labute approximate surface area is 164 Å². The van der Waals surface area contributed by atoms with Gasteiger partial charge in [-0.1, -0.05) is 0 Å². The summed E-state index contributed by atoms with van der Waals surface area (Å²) in [6, 6.07) is 13.9. The van der Waals surface area contributed by atoms with E-state index in [0.717, 1.165) is 29.2 Å². The SMILES string of the molecule is Cc1ccc(C)n1-c1ccc(C(=O)N(C)CCCc2[nH][nH+]c(N)c2C#N)cc1. The first kappa shape index (κ1) is 19.2. The van der Waals surface area contributed by atoms with E-state index in [1.807, 2.05) is 24.3 Å². The molecule has 0 radical (unpaired) electrons. The molecule has 4 N–H and O–H groups in total. The van der Waals surface area contributed by atoms with Gasteiger partial charge in [-0.05, 0) is 63.1 Å². The largest absolute Gasteiger partial charge is 0.342 e. The number of rotatable bonds is 6. The molecule has 28 heavy (non-hydrogen) atoms. The number of carbonyl (C=O) groups excluding carboxylic acids is 1. The molecule has 0 spiro atoms. The maximum absolute atomic E-state index is 12.7. The lowest BCUT2D eigenvalue weighted by Crippen LogP contribution is -2.28. The molecule has 3 rings (SSSR count). The van der Waals surface area contributed by atoms with Gasteiger partial charge in [-0.15, -0.1) is 0 Å². The summed E-state index contributed by atoms with van der Waals surface area (Å²) in [6.45, 7) is 4.71. The molecular weight excluding hydrogens is 352 g/mol. The number of nitriles is 1. The van der Waals surface area contributed by atoms with Crippen LogP contribution in [0, 0.1) is 25.2 Å². The number of hydrogen-bond acceptors (Lipinski definition) is 3. The molecule has 2 heterocycles. The lowest BCUT2D eigenvalue weighted by Gasteiger charge is -2.17. The molecule has 7 nitrogen and oxygen atoms in total. The van der Waals surface area contributed by atoms with Gasteiger partial charge in [0.2, 0.25) is 0 Å². The highest BCUT2D eigenvalue weighted by molar-refractivity contribution is 5.94. The average molecular weight is 377 g/mol. The van der Waals surface area contributed by atoms with Crippen molar-refractivity contribution in [1.82, 2.24) is 14.6 Å². The minimum atomic E-state index is -0.0226. The number of nitrogens with zero attached hydrogens (tertiary/aromatic N) is 3. The van der Waals surface area contributed by atoms with E-state index in [1.165, 1.54) is 0 Å². The minimum Gasteiger partial charge on any atom is -0.342 e. The summed E-state index contributed by atoms with van der Waals surface area (Å²) in [7, 11) is 1.79. The van der Waals surface area contributed by atoms with E-state index in [0.29, 0.717) is 29.9 Å². The number of aryl methyl sites for hydroxylation is 3. The first-order chi connectivity index (χ1) is 13.4. The molecule has 144 valence electrons. The van der Waals surface area contributed by atoms with Crippen LogP contribution in [0.25, 0.3) is 5.69 Å². The average Bonchev–Trinajstić information content (AvgIpc) is 3.22. The highest BCUT2D eigenvalue weighted by Crippen LogP contribution is 2.18. The summed E-state index contributed by atoms with van der Waals surface area (Å²) in [5, 5.41) is 14.8. The van der Waals surface area contributed by atoms with E-state index in [4.69, 9.17) is 11.0 Å². The number of benzene rings is 1. The molecule has 0 fully saturated rings. The van der Waals surface area contributed by atoms with Crippen LogP contribution in [-0.2, 0) is 6.42 Å². The fraction of sp³-hybridized carbons (Fsp3) is 0.286. The van der Waals surface area contributed by atoms with E-state index in [2.05, 4.69) is 46.8 Å². The van der Waals surface area contributed by atoms with Crippen molar-refractivity contribution in [2.75, 3.05) is 19.3 Å². The van der Waals surface area contributed by atoms with Crippen LogP contribution in [0.4, 0.5) is 5.82 Å². The Balaban J connectivity index is 1.61. The van der Waals surface area contributed by atoms with Gasteiger partial charge in [0.05, 0.1) is 5.69 Å². The van der Waals surface area contributed by atoms with Crippen LogP contribution in [0.2, 0.25) is 0 Å². The molecule has 0 saturated carbocycles. The van der Waals surface area contributed by atoms with Gasteiger partial charge in [0, 0.05) is 36.2 Å². The van der Waals surface area contributed by atoms with Gasteiger partial charge in [-0.3, -0.25) is 10.5 Å². The number of carbonyl (C=O) groups is 1. The highest BCUT2D eigenvalue weighted by Gasteiger charge is 2.16. The number of amides is 1. The van der Waals surface area contributed by atoms with E-state index in [1.54, 1.807) is 11.9 Å².